The van der Waals surface area contributed by atoms with Gasteiger partial charge in [0.15, 0.2) is 0 Å². The minimum Gasteiger partial charge on any atom is -0.300 e. The second-order valence-corrected chi connectivity index (χ2v) is 1.13. The van der Waals surface area contributed by atoms with Gasteiger partial charge in [-0.3, -0.25) is 0 Å². The number of ketones is 1. The first-order valence-electron chi connectivity index (χ1n) is 1.93. The molecule has 0 aliphatic carbocycles. The Morgan fingerprint density at radius 1 is 1.50 bits per heavy atom. The van der Waals surface area contributed by atoms with Crippen molar-refractivity contribution in [3.8, 4) is 6.07 Å². The summed E-state index contributed by atoms with van der Waals surface area (Å²) in [5, 5.41) is 7.32. The summed E-state index contributed by atoms with van der Waals surface area (Å²) in [5.74, 6) is 0.167. The van der Waals surface area contributed by atoms with Crippen LogP contribution in [-0.4, -0.2) is 5.78 Å². The van der Waals surface area contributed by atoms with Crippen LogP contribution in [0.4, 0.5) is 0 Å². The average Bonchev–Trinajstić information content (AvgIpc) is 1.33. The van der Waals surface area contributed by atoms with Crippen molar-refractivity contribution in [3.63, 3.8) is 0 Å². The van der Waals surface area contributed by atoms with Crippen LogP contribution >= 0.6 is 0 Å². The molecule has 0 heterocycles. The maximum absolute atomic E-state index is 9.44. The maximum Gasteiger partial charge on any atom is 0.126 e. The van der Waals surface area contributed by atoms with Gasteiger partial charge in [0.05, 0.1) is 6.07 Å². The van der Waals surface area contributed by atoms with Crippen LogP contribution in [0.15, 0.2) is 0 Å². The van der Waals surface area contributed by atoms with E-state index in [0.717, 1.165) is 0 Å². The van der Waals surface area contributed by atoms with Crippen LogP contribution in [0.3, 0.4) is 0 Å². The van der Waals surface area contributed by atoms with Crippen molar-refractivity contribution in [2.75, 3.05) is 0 Å². The van der Waals surface area contributed by atoms with E-state index in [2.05, 4.69) is 0 Å². The molecule has 0 aromatic heterocycles. The zero-order valence-corrected chi connectivity index (χ0v) is 6.16. The SMILES string of the molecule is CC#N.CC(C)=O.[Ni]. The van der Waals surface area contributed by atoms with Gasteiger partial charge < -0.3 is 4.79 Å². The molecule has 0 aromatic rings. The zero-order valence-electron chi connectivity index (χ0n) is 5.17. The van der Waals surface area contributed by atoms with Crippen LogP contribution < -0.4 is 0 Å². The summed E-state index contributed by atoms with van der Waals surface area (Å²) in [6.45, 7) is 4.49. The van der Waals surface area contributed by atoms with Crippen molar-refractivity contribution in [1.82, 2.24) is 0 Å². The normalized spacial score (nSPS) is 4.25. The van der Waals surface area contributed by atoms with Crippen molar-refractivity contribution in [1.29, 1.82) is 5.26 Å². The molecule has 2 nitrogen and oxygen atoms in total. The van der Waals surface area contributed by atoms with E-state index in [4.69, 9.17) is 5.26 Å². The summed E-state index contributed by atoms with van der Waals surface area (Å²) in [7, 11) is 0. The number of rotatable bonds is 0. The summed E-state index contributed by atoms with van der Waals surface area (Å²) in [4.78, 5) is 9.44. The third-order valence-electron chi connectivity index (χ3n) is 0. The van der Waals surface area contributed by atoms with Gasteiger partial charge in [-0.2, -0.15) is 5.26 Å². The monoisotopic (exact) mass is 157 g/mol. The van der Waals surface area contributed by atoms with Gasteiger partial charge >= 0.3 is 0 Å². The Kier molecular flexibility index (Phi) is 31.2. The molecule has 3 heteroatoms. The van der Waals surface area contributed by atoms with E-state index in [9.17, 15) is 4.79 Å². The molecule has 0 saturated heterocycles. The average molecular weight is 158 g/mol. The summed E-state index contributed by atoms with van der Waals surface area (Å²) < 4.78 is 0. The molecule has 0 radical (unpaired) electrons. The maximum atomic E-state index is 9.44. The summed E-state index contributed by atoms with van der Waals surface area (Å²) >= 11 is 0. The van der Waals surface area contributed by atoms with Gasteiger partial charge in [-0.15, -0.1) is 0 Å². The van der Waals surface area contributed by atoms with Crippen LogP contribution in [-0.2, 0) is 21.3 Å². The molecule has 0 fully saturated rings. The minimum absolute atomic E-state index is 0. The van der Waals surface area contributed by atoms with Crippen molar-refractivity contribution < 1.29 is 21.3 Å². The molecule has 50 valence electrons. The first-order valence-corrected chi connectivity index (χ1v) is 1.93. The molecular formula is C5H9NNiO. The second kappa shape index (κ2) is 15.9. The molecule has 0 bridgehead atoms. The largest absolute Gasteiger partial charge is 0.300 e. The molecule has 0 amide bonds. The summed E-state index contributed by atoms with van der Waals surface area (Å²) in [5.41, 5.74) is 0. The van der Waals surface area contributed by atoms with E-state index in [1.807, 2.05) is 0 Å². The van der Waals surface area contributed by atoms with E-state index in [0.29, 0.717) is 0 Å². The Morgan fingerprint density at radius 3 is 1.50 bits per heavy atom. The molecule has 0 atom stereocenters. The van der Waals surface area contributed by atoms with Gasteiger partial charge in [0.1, 0.15) is 5.78 Å². The third kappa shape index (κ3) is 1020. The van der Waals surface area contributed by atoms with Crippen LogP contribution in [0.2, 0.25) is 0 Å². The number of Topliss-reactive ketones (excluding diaryl/α,β-unsaturated/α-hetero) is 1. The molecule has 0 aliphatic heterocycles. The van der Waals surface area contributed by atoms with Gasteiger partial charge in [-0.25, -0.2) is 0 Å². The summed E-state index contributed by atoms with van der Waals surface area (Å²) in [6, 6.07) is 1.75. The topological polar surface area (TPSA) is 40.9 Å². The quantitative estimate of drug-likeness (QED) is 0.495. The van der Waals surface area contributed by atoms with Crippen LogP contribution in [0, 0.1) is 11.3 Å². The van der Waals surface area contributed by atoms with Crippen molar-refractivity contribution in [3.05, 3.63) is 0 Å². The Hall–Kier alpha value is -0.346. The Labute approximate surface area is 59.8 Å². The molecule has 0 unspecified atom stereocenters. The van der Waals surface area contributed by atoms with Crippen molar-refractivity contribution in [2.45, 2.75) is 20.8 Å². The molecule has 0 rings (SSSR count). The Balaban J connectivity index is -0.0000000575. The van der Waals surface area contributed by atoms with Crippen LogP contribution in [0.25, 0.3) is 0 Å². The Bertz CT molecular complexity index is 80.9. The van der Waals surface area contributed by atoms with Gasteiger partial charge in [0.2, 0.25) is 0 Å². The predicted molar refractivity (Wildman–Crippen MR) is 27.6 cm³/mol. The van der Waals surface area contributed by atoms with Gasteiger partial charge in [-0.1, -0.05) is 0 Å². The minimum atomic E-state index is 0. The number of carbonyl (C=O) groups excluding carboxylic acids is 1. The zero-order chi connectivity index (χ0) is 6.28. The van der Waals surface area contributed by atoms with Crippen molar-refractivity contribution >= 4 is 5.78 Å². The molecule has 0 spiro atoms. The predicted octanol–water partition coefficient (Wildman–Crippen LogP) is 1.12. The smallest absolute Gasteiger partial charge is 0.126 e. The van der Waals surface area contributed by atoms with Gasteiger partial charge in [0, 0.05) is 23.4 Å². The molecule has 0 saturated carbocycles. The fourth-order valence-electron chi connectivity index (χ4n) is 0. The van der Waals surface area contributed by atoms with E-state index in [1.165, 1.54) is 20.8 Å². The van der Waals surface area contributed by atoms with E-state index in [1.54, 1.807) is 6.07 Å². The molecular weight excluding hydrogens is 149 g/mol. The Morgan fingerprint density at radius 2 is 1.50 bits per heavy atom. The number of nitrogens with zero attached hydrogens (tertiary/aromatic N) is 1. The summed E-state index contributed by atoms with van der Waals surface area (Å²) in [6.07, 6.45) is 0. The van der Waals surface area contributed by atoms with Gasteiger partial charge in [0.25, 0.3) is 0 Å². The molecule has 0 aromatic carbocycles. The number of hydrogen-bond acceptors (Lipinski definition) is 2. The molecule has 0 aliphatic rings. The van der Waals surface area contributed by atoms with E-state index >= 15 is 0 Å². The fraction of sp³-hybridized carbons (Fsp3) is 0.600. The van der Waals surface area contributed by atoms with Crippen molar-refractivity contribution in [2.24, 2.45) is 0 Å². The number of nitriles is 1. The standard InChI is InChI=1S/C3H6O.C2H3N.Ni/c1-3(2)4;1-2-3;/h1-2H3;1H3;. The van der Waals surface area contributed by atoms with E-state index in [-0.39, 0.29) is 22.3 Å². The fourth-order valence-corrected chi connectivity index (χ4v) is 0. The first-order chi connectivity index (χ1) is 3.15. The number of carbonyl (C=O) groups is 1. The van der Waals surface area contributed by atoms with Gasteiger partial charge in [-0.05, 0) is 13.8 Å². The third-order valence-corrected chi connectivity index (χ3v) is 0. The van der Waals surface area contributed by atoms with Crippen LogP contribution in [0.5, 0.6) is 0 Å². The number of hydrogen-bond donors (Lipinski definition) is 0. The van der Waals surface area contributed by atoms with Crippen LogP contribution in [0.1, 0.15) is 20.8 Å². The second-order valence-electron chi connectivity index (χ2n) is 1.13. The first kappa shape index (κ1) is 15.6. The molecule has 8 heavy (non-hydrogen) atoms. The van der Waals surface area contributed by atoms with E-state index < -0.39 is 0 Å². The molecule has 0 N–H and O–H groups in total.